The average molecular weight is 247 g/mol. The number of hydrogen-bond acceptors (Lipinski definition) is 3. The highest BCUT2D eigenvalue weighted by atomic mass is 16.5. The molecular formula is C15H21NO2. The number of ether oxygens (including phenoxy) is 2. The third kappa shape index (κ3) is 2.07. The first-order valence-corrected chi connectivity index (χ1v) is 6.79. The molecule has 0 spiro atoms. The Morgan fingerprint density at radius 2 is 2.33 bits per heavy atom. The van der Waals surface area contributed by atoms with Crippen molar-refractivity contribution < 1.29 is 9.47 Å². The van der Waals surface area contributed by atoms with Crippen LogP contribution in [0, 0.1) is 0 Å². The molecule has 2 aliphatic heterocycles. The van der Waals surface area contributed by atoms with Crippen LogP contribution in [0.5, 0.6) is 11.5 Å². The van der Waals surface area contributed by atoms with Crippen LogP contribution in [0.2, 0.25) is 0 Å². The van der Waals surface area contributed by atoms with Crippen LogP contribution in [0.15, 0.2) is 18.2 Å². The van der Waals surface area contributed by atoms with E-state index in [0.29, 0.717) is 5.92 Å². The molecule has 0 bridgehead atoms. The van der Waals surface area contributed by atoms with Gasteiger partial charge in [-0.05, 0) is 51.1 Å². The van der Waals surface area contributed by atoms with E-state index in [1.54, 1.807) is 7.11 Å². The number of rotatable bonds is 3. The van der Waals surface area contributed by atoms with Crippen molar-refractivity contribution in [2.45, 2.75) is 31.2 Å². The lowest BCUT2D eigenvalue weighted by Gasteiger charge is -2.22. The van der Waals surface area contributed by atoms with Crippen molar-refractivity contribution in [1.29, 1.82) is 0 Å². The Balaban J connectivity index is 1.76. The van der Waals surface area contributed by atoms with Gasteiger partial charge < -0.3 is 14.4 Å². The first kappa shape index (κ1) is 11.8. The van der Waals surface area contributed by atoms with Gasteiger partial charge in [-0.15, -0.1) is 0 Å². The van der Waals surface area contributed by atoms with Gasteiger partial charge in [-0.25, -0.2) is 0 Å². The van der Waals surface area contributed by atoms with E-state index < -0.39 is 0 Å². The van der Waals surface area contributed by atoms with Crippen molar-refractivity contribution in [1.82, 2.24) is 4.90 Å². The van der Waals surface area contributed by atoms with Gasteiger partial charge in [-0.3, -0.25) is 0 Å². The smallest absolute Gasteiger partial charge is 0.123 e. The van der Waals surface area contributed by atoms with E-state index in [2.05, 4.69) is 18.0 Å². The zero-order valence-electron chi connectivity index (χ0n) is 11.2. The maximum atomic E-state index is 5.78. The number of methoxy groups -OCH3 is 1. The number of fused-ring (bicyclic) bond motifs is 1. The van der Waals surface area contributed by atoms with Crippen molar-refractivity contribution in [2.75, 3.05) is 27.3 Å². The molecule has 2 atom stereocenters. The molecule has 1 aromatic rings. The largest absolute Gasteiger partial charge is 0.497 e. The summed E-state index contributed by atoms with van der Waals surface area (Å²) >= 11 is 0. The summed E-state index contributed by atoms with van der Waals surface area (Å²) in [5.74, 6) is 2.51. The molecule has 1 fully saturated rings. The van der Waals surface area contributed by atoms with E-state index in [9.17, 15) is 0 Å². The van der Waals surface area contributed by atoms with Crippen LogP contribution < -0.4 is 9.47 Å². The van der Waals surface area contributed by atoms with Gasteiger partial charge in [0.15, 0.2) is 0 Å². The lowest BCUT2D eigenvalue weighted by atomic mass is 9.93. The van der Waals surface area contributed by atoms with Crippen LogP contribution in [-0.2, 0) is 0 Å². The van der Waals surface area contributed by atoms with E-state index in [-0.39, 0.29) is 0 Å². The Labute approximate surface area is 109 Å². The Morgan fingerprint density at radius 1 is 1.44 bits per heavy atom. The van der Waals surface area contributed by atoms with Gasteiger partial charge in [0.05, 0.1) is 13.7 Å². The molecule has 0 aliphatic carbocycles. The molecule has 0 N–H and O–H groups in total. The quantitative estimate of drug-likeness (QED) is 0.819. The Morgan fingerprint density at radius 3 is 3.06 bits per heavy atom. The lowest BCUT2D eigenvalue weighted by Crippen LogP contribution is -2.27. The molecule has 0 saturated carbocycles. The fourth-order valence-corrected chi connectivity index (χ4v) is 3.18. The lowest BCUT2D eigenvalue weighted by molar-refractivity contribution is 0.257. The molecule has 1 aromatic carbocycles. The molecule has 2 aliphatic rings. The average Bonchev–Trinajstić information content (AvgIpc) is 2.97. The minimum Gasteiger partial charge on any atom is -0.497 e. The van der Waals surface area contributed by atoms with Crippen molar-refractivity contribution >= 4 is 0 Å². The SMILES string of the molecule is COc1ccc2c(c1)C(C[C@@H]1CCCN1C)CO2. The normalized spacial score (nSPS) is 27.0. The molecule has 3 nitrogen and oxygen atoms in total. The minimum absolute atomic E-state index is 0.528. The molecule has 98 valence electrons. The summed E-state index contributed by atoms with van der Waals surface area (Å²) in [4.78, 5) is 2.48. The van der Waals surface area contributed by atoms with Gasteiger partial charge in [-0.1, -0.05) is 0 Å². The van der Waals surface area contributed by atoms with E-state index in [1.807, 2.05) is 12.1 Å². The monoisotopic (exact) mass is 247 g/mol. The van der Waals surface area contributed by atoms with Crippen molar-refractivity contribution in [3.8, 4) is 11.5 Å². The summed E-state index contributed by atoms with van der Waals surface area (Å²) in [6.07, 6.45) is 3.86. The van der Waals surface area contributed by atoms with Crippen LogP contribution in [0.3, 0.4) is 0 Å². The Bertz CT molecular complexity index is 433. The number of benzene rings is 1. The molecular weight excluding hydrogens is 226 g/mol. The predicted octanol–water partition coefficient (Wildman–Crippen LogP) is 2.66. The molecule has 1 saturated heterocycles. The van der Waals surface area contributed by atoms with E-state index >= 15 is 0 Å². The molecule has 3 rings (SSSR count). The summed E-state index contributed by atoms with van der Waals surface area (Å²) < 4.78 is 11.1. The summed E-state index contributed by atoms with van der Waals surface area (Å²) in [6, 6.07) is 6.87. The fraction of sp³-hybridized carbons (Fsp3) is 0.600. The van der Waals surface area contributed by atoms with Crippen LogP contribution >= 0.6 is 0 Å². The van der Waals surface area contributed by atoms with Gasteiger partial charge in [0.25, 0.3) is 0 Å². The van der Waals surface area contributed by atoms with Crippen LogP contribution in [0.4, 0.5) is 0 Å². The molecule has 1 unspecified atom stereocenters. The number of nitrogens with zero attached hydrogens (tertiary/aromatic N) is 1. The van der Waals surface area contributed by atoms with Gasteiger partial charge in [-0.2, -0.15) is 0 Å². The molecule has 0 aromatic heterocycles. The van der Waals surface area contributed by atoms with Crippen LogP contribution in [-0.4, -0.2) is 38.3 Å². The van der Waals surface area contributed by atoms with E-state index in [1.165, 1.54) is 31.4 Å². The van der Waals surface area contributed by atoms with Crippen molar-refractivity contribution in [2.24, 2.45) is 0 Å². The predicted molar refractivity (Wildman–Crippen MR) is 71.5 cm³/mol. The number of likely N-dealkylation sites (tertiary alicyclic amines) is 1. The molecule has 0 radical (unpaired) electrons. The zero-order chi connectivity index (χ0) is 12.5. The molecule has 0 amide bonds. The molecule has 2 heterocycles. The summed E-state index contributed by atoms with van der Waals surface area (Å²) in [6.45, 7) is 2.07. The molecule has 18 heavy (non-hydrogen) atoms. The maximum Gasteiger partial charge on any atom is 0.123 e. The van der Waals surface area contributed by atoms with Gasteiger partial charge >= 0.3 is 0 Å². The van der Waals surface area contributed by atoms with Gasteiger partial charge in [0.2, 0.25) is 0 Å². The van der Waals surface area contributed by atoms with Crippen LogP contribution in [0.1, 0.15) is 30.7 Å². The first-order chi connectivity index (χ1) is 8.78. The van der Waals surface area contributed by atoms with Crippen molar-refractivity contribution in [3.63, 3.8) is 0 Å². The van der Waals surface area contributed by atoms with Crippen molar-refractivity contribution in [3.05, 3.63) is 23.8 Å². The molecule has 3 heteroatoms. The van der Waals surface area contributed by atoms with E-state index in [0.717, 1.165) is 24.1 Å². The highest BCUT2D eigenvalue weighted by molar-refractivity contribution is 5.45. The van der Waals surface area contributed by atoms with E-state index in [4.69, 9.17) is 9.47 Å². The Kier molecular flexibility index (Phi) is 3.16. The van der Waals surface area contributed by atoms with Crippen LogP contribution in [0.25, 0.3) is 0 Å². The standard InChI is InChI=1S/C15H21NO2/c1-16-7-3-4-12(16)8-11-10-18-15-6-5-13(17-2)9-14(11)15/h5-6,9,11-12H,3-4,7-8,10H2,1-2H3/t11?,12-/m0/s1. The second-order valence-corrected chi connectivity index (χ2v) is 5.42. The highest BCUT2D eigenvalue weighted by Crippen LogP contribution is 2.40. The summed E-state index contributed by atoms with van der Waals surface area (Å²) in [7, 11) is 3.96. The number of hydrogen-bond donors (Lipinski definition) is 0. The fourth-order valence-electron chi connectivity index (χ4n) is 3.18. The second-order valence-electron chi connectivity index (χ2n) is 5.42. The zero-order valence-corrected chi connectivity index (χ0v) is 11.2. The third-order valence-corrected chi connectivity index (χ3v) is 4.32. The van der Waals surface area contributed by atoms with Gasteiger partial charge in [0, 0.05) is 17.5 Å². The summed E-state index contributed by atoms with van der Waals surface area (Å²) in [5, 5.41) is 0. The van der Waals surface area contributed by atoms with Gasteiger partial charge in [0.1, 0.15) is 11.5 Å². The maximum absolute atomic E-state index is 5.78. The summed E-state index contributed by atoms with van der Waals surface area (Å²) in [5.41, 5.74) is 1.33. The minimum atomic E-state index is 0.528. The highest BCUT2D eigenvalue weighted by Gasteiger charge is 2.30. The first-order valence-electron chi connectivity index (χ1n) is 6.79. The Hall–Kier alpha value is -1.22. The second kappa shape index (κ2) is 4.81. The topological polar surface area (TPSA) is 21.7 Å². The third-order valence-electron chi connectivity index (χ3n) is 4.32.